The van der Waals surface area contributed by atoms with Gasteiger partial charge >= 0.3 is 0 Å². The SMILES string of the molecule is CC1CN(CC(O)C2CC2)C(=O)C1C. The van der Waals surface area contributed by atoms with Crippen molar-refractivity contribution in [3.05, 3.63) is 0 Å². The lowest BCUT2D eigenvalue weighted by molar-refractivity contribution is -0.132. The maximum Gasteiger partial charge on any atom is 0.225 e. The molecular formula is C11H19NO2. The van der Waals surface area contributed by atoms with Crippen LogP contribution in [0.25, 0.3) is 0 Å². The number of aliphatic hydroxyl groups is 1. The lowest BCUT2D eigenvalue weighted by Crippen LogP contribution is -2.35. The molecule has 3 nitrogen and oxygen atoms in total. The molecule has 1 N–H and O–H groups in total. The summed E-state index contributed by atoms with van der Waals surface area (Å²) in [7, 11) is 0. The van der Waals surface area contributed by atoms with E-state index in [4.69, 9.17) is 0 Å². The summed E-state index contributed by atoms with van der Waals surface area (Å²) >= 11 is 0. The summed E-state index contributed by atoms with van der Waals surface area (Å²) in [6, 6.07) is 0. The fourth-order valence-corrected chi connectivity index (χ4v) is 2.15. The van der Waals surface area contributed by atoms with Crippen LogP contribution in [0.15, 0.2) is 0 Å². The molecule has 0 aromatic carbocycles. The number of nitrogens with zero attached hydrogens (tertiary/aromatic N) is 1. The zero-order chi connectivity index (χ0) is 10.3. The number of amides is 1. The van der Waals surface area contributed by atoms with Crippen LogP contribution in [0.5, 0.6) is 0 Å². The molecule has 14 heavy (non-hydrogen) atoms. The van der Waals surface area contributed by atoms with Crippen LogP contribution in [0.3, 0.4) is 0 Å². The number of rotatable bonds is 3. The lowest BCUT2D eigenvalue weighted by Gasteiger charge is -2.20. The summed E-state index contributed by atoms with van der Waals surface area (Å²) in [5, 5.41) is 9.75. The zero-order valence-electron chi connectivity index (χ0n) is 8.94. The first-order chi connectivity index (χ1) is 6.59. The molecular weight excluding hydrogens is 178 g/mol. The monoisotopic (exact) mass is 197 g/mol. The van der Waals surface area contributed by atoms with Crippen LogP contribution in [-0.4, -0.2) is 35.1 Å². The molecule has 3 unspecified atom stereocenters. The van der Waals surface area contributed by atoms with Gasteiger partial charge in [-0.3, -0.25) is 4.79 Å². The van der Waals surface area contributed by atoms with Crippen molar-refractivity contribution in [3.63, 3.8) is 0 Å². The molecule has 1 saturated carbocycles. The van der Waals surface area contributed by atoms with Crippen molar-refractivity contribution >= 4 is 5.91 Å². The number of aliphatic hydroxyl groups excluding tert-OH is 1. The second-order valence-electron chi connectivity index (χ2n) is 4.91. The van der Waals surface area contributed by atoms with Crippen LogP contribution in [0.1, 0.15) is 26.7 Å². The first-order valence-corrected chi connectivity index (χ1v) is 5.56. The Morgan fingerprint density at radius 2 is 2.14 bits per heavy atom. The van der Waals surface area contributed by atoms with Crippen molar-refractivity contribution in [1.29, 1.82) is 0 Å². The molecule has 2 fully saturated rings. The standard InChI is InChI=1S/C11H19NO2/c1-7-5-12(11(14)8(7)2)6-10(13)9-3-4-9/h7-10,13H,3-6H2,1-2H3. The van der Waals surface area contributed by atoms with E-state index in [2.05, 4.69) is 6.92 Å². The molecule has 0 aromatic rings. The van der Waals surface area contributed by atoms with Gasteiger partial charge < -0.3 is 10.0 Å². The first-order valence-electron chi connectivity index (χ1n) is 5.56. The van der Waals surface area contributed by atoms with Crippen molar-refractivity contribution < 1.29 is 9.90 Å². The maximum atomic E-state index is 11.7. The highest BCUT2D eigenvalue weighted by Gasteiger charge is 2.38. The molecule has 3 atom stereocenters. The Labute approximate surface area is 85.1 Å². The van der Waals surface area contributed by atoms with E-state index >= 15 is 0 Å². The number of carbonyl (C=O) groups is 1. The summed E-state index contributed by atoms with van der Waals surface area (Å²) in [5.74, 6) is 1.27. The van der Waals surface area contributed by atoms with Gasteiger partial charge in [0, 0.05) is 19.0 Å². The summed E-state index contributed by atoms with van der Waals surface area (Å²) in [6.07, 6.45) is 1.99. The van der Waals surface area contributed by atoms with E-state index in [0.29, 0.717) is 18.4 Å². The van der Waals surface area contributed by atoms with Gasteiger partial charge in [0.15, 0.2) is 0 Å². The minimum atomic E-state index is -0.281. The van der Waals surface area contributed by atoms with Crippen LogP contribution in [0.2, 0.25) is 0 Å². The molecule has 1 heterocycles. The summed E-state index contributed by atoms with van der Waals surface area (Å²) in [5.41, 5.74) is 0. The molecule has 0 aromatic heterocycles. The molecule has 0 spiro atoms. The first kappa shape index (κ1) is 9.97. The Bertz CT molecular complexity index is 237. The predicted molar refractivity (Wildman–Crippen MR) is 53.6 cm³/mol. The van der Waals surface area contributed by atoms with Gasteiger partial charge in [0.1, 0.15) is 0 Å². The average Bonchev–Trinajstić information content (AvgIpc) is 2.93. The van der Waals surface area contributed by atoms with Crippen LogP contribution in [-0.2, 0) is 4.79 Å². The summed E-state index contributed by atoms with van der Waals surface area (Å²) < 4.78 is 0. The topological polar surface area (TPSA) is 40.5 Å². The summed E-state index contributed by atoms with van der Waals surface area (Å²) in [6.45, 7) is 5.46. The number of carbonyl (C=O) groups excluding carboxylic acids is 1. The minimum absolute atomic E-state index is 0.140. The van der Waals surface area contributed by atoms with Crippen LogP contribution in [0.4, 0.5) is 0 Å². The van der Waals surface area contributed by atoms with Crippen molar-refractivity contribution in [3.8, 4) is 0 Å². The maximum absolute atomic E-state index is 11.7. The van der Waals surface area contributed by atoms with Crippen LogP contribution in [0, 0.1) is 17.8 Å². The molecule has 3 heteroatoms. The molecule has 1 aliphatic heterocycles. The highest BCUT2D eigenvalue weighted by Crippen LogP contribution is 2.34. The van der Waals surface area contributed by atoms with Crippen molar-refractivity contribution in [1.82, 2.24) is 4.90 Å². The second kappa shape index (κ2) is 3.54. The summed E-state index contributed by atoms with van der Waals surface area (Å²) in [4.78, 5) is 13.5. The van der Waals surface area contributed by atoms with E-state index in [1.54, 1.807) is 0 Å². The fourth-order valence-electron chi connectivity index (χ4n) is 2.15. The Morgan fingerprint density at radius 1 is 1.50 bits per heavy atom. The Balaban J connectivity index is 1.89. The molecule has 0 bridgehead atoms. The molecule has 1 saturated heterocycles. The molecule has 0 radical (unpaired) electrons. The van der Waals surface area contributed by atoms with E-state index < -0.39 is 0 Å². The van der Waals surface area contributed by atoms with Gasteiger partial charge in [0.25, 0.3) is 0 Å². The van der Waals surface area contributed by atoms with Crippen LogP contribution < -0.4 is 0 Å². The zero-order valence-corrected chi connectivity index (χ0v) is 8.94. The van der Waals surface area contributed by atoms with Crippen LogP contribution >= 0.6 is 0 Å². The second-order valence-corrected chi connectivity index (χ2v) is 4.91. The number of hydrogen-bond acceptors (Lipinski definition) is 2. The van der Waals surface area contributed by atoms with Gasteiger partial charge in [-0.1, -0.05) is 13.8 Å². The van der Waals surface area contributed by atoms with Gasteiger partial charge in [0.2, 0.25) is 5.91 Å². The number of likely N-dealkylation sites (tertiary alicyclic amines) is 1. The van der Waals surface area contributed by atoms with Crippen molar-refractivity contribution in [2.24, 2.45) is 17.8 Å². The van der Waals surface area contributed by atoms with E-state index in [1.165, 1.54) is 0 Å². The molecule has 80 valence electrons. The Hall–Kier alpha value is -0.570. The normalized spacial score (nSPS) is 35.1. The van der Waals surface area contributed by atoms with E-state index in [1.807, 2.05) is 11.8 Å². The highest BCUT2D eigenvalue weighted by atomic mass is 16.3. The molecule has 1 aliphatic carbocycles. The van der Waals surface area contributed by atoms with Gasteiger partial charge in [-0.05, 0) is 24.7 Å². The molecule has 2 aliphatic rings. The number of β-amino-alcohol motifs (C(OH)–C–C–N with tert-alkyl or cyclic N) is 1. The third kappa shape index (κ3) is 1.78. The fraction of sp³-hybridized carbons (Fsp3) is 0.909. The third-order valence-corrected chi connectivity index (χ3v) is 3.64. The predicted octanol–water partition coefficient (Wildman–Crippen LogP) is 0.872. The average molecular weight is 197 g/mol. The quantitative estimate of drug-likeness (QED) is 0.729. The largest absolute Gasteiger partial charge is 0.391 e. The van der Waals surface area contributed by atoms with E-state index in [0.717, 1.165) is 19.4 Å². The number of hydrogen-bond donors (Lipinski definition) is 1. The van der Waals surface area contributed by atoms with Crippen molar-refractivity contribution in [2.75, 3.05) is 13.1 Å². The van der Waals surface area contributed by atoms with E-state index in [-0.39, 0.29) is 17.9 Å². The lowest BCUT2D eigenvalue weighted by atomic mass is 10.0. The van der Waals surface area contributed by atoms with Gasteiger partial charge in [0.05, 0.1) is 6.10 Å². The van der Waals surface area contributed by atoms with Gasteiger partial charge in [-0.15, -0.1) is 0 Å². The van der Waals surface area contributed by atoms with Gasteiger partial charge in [-0.25, -0.2) is 0 Å². The highest BCUT2D eigenvalue weighted by molar-refractivity contribution is 5.81. The smallest absolute Gasteiger partial charge is 0.225 e. The molecule has 1 amide bonds. The molecule has 2 rings (SSSR count). The Kier molecular flexibility index (Phi) is 2.52. The minimum Gasteiger partial charge on any atom is -0.391 e. The third-order valence-electron chi connectivity index (χ3n) is 3.64. The Morgan fingerprint density at radius 3 is 2.57 bits per heavy atom. The van der Waals surface area contributed by atoms with E-state index in [9.17, 15) is 9.90 Å². The van der Waals surface area contributed by atoms with Gasteiger partial charge in [-0.2, -0.15) is 0 Å². The van der Waals surface area contributed by atoms with Crippen molar-refractivity contribution in [2.45, 2.75) is 32.8 Å².